The molecule has 0 atom stereocenters. The Bertz CT molecular complexity index is 54.6. The van der Waals surface area contributed by atoms with Gasteiger partial charge in [0.15, 0.2) is 0 Å². The van der Waals surface area contributed by atoms with Crippen molar-refractivity contribution in [2.45, 2.75) is 0 Å². The molecule has 0 aromatic heterocycles. The second-order valence-electron chi connectivity index (χ2n) is 0.621. The van der Waals surface area contributed by atoms with Gasteiger partial charge in [0, 0.05) is 11.8 Å². The molecular formula is CH5ClN4. The molecule has 0 spiro atoms. The summed E-state index contributed by atoms with van der Waals surface area (Å²) in [5.41, 5.74) is 9.57. The number of hydrogen-bond acceptors (Lipinski definition) is 2. The number of halogens is 1. The van der Waals surface area contributed by atoms with Crippen molar-refractivity contribution in [3.05, 3.63) is 0 Å². The molecule has 0 aliphatic carbocycles. The first-order valence-electron chi connectivity index (χ1n) is 1.21. The van der Waals surface area contributed by atoms with Crippen LogP contribution in [0, 0.1) is 0 Å². The minimum absolute atomic E-state index is 0.0787. The van der Waals surface area contributed by atoms with Crippen molar-refractivity contribution in [3.63, 3.8) is 0 Å². The molecule has 5 heteroatoms. The van der Waals surface area contributed by atoms with Gasteiger partial charge >= 0.3 is 0 Å². The maximum atomic E-state index is 4.80. The summed E-state index contributed by atoms with van der Waals surface area (Å²) in [6.45, 7) is 0. The zero-order chi connectivity index (χ0) is 4.99. The lowest BCUT2D eigenvalue weighted by molar-refractivity contribution is 1.08. The van der Waals surface area contributed by atoms with E-state index in [1.165, 1.54) is 0 Å². The van der Waals surface area contributed by atoms with E-state index in [2.05, 4.69) is 5.10 Å². The fraction of sp³-hybridized carbons (Fsp3) is 0. The third-order valence-electron chi connectivity index (χ3n) is 0.171. The molecule has 0 aromatic rings. The van der Waals surface area contributed by atoms with E-state index in [9.17, 15) is 0 Å². The molecular weight excluding hydrogens is 103 g/mol. The number of nitrogens with zero attached hydrogens (tertiary/aromatic N) is 1. The van der Waals surface area contributed by atoms with Crippen LogP contribution < -0.4 is 16.4 Å². The van der Waals surface area contributed by atoms with Gasteiger partial charge in [0.2, 0.25) is 5.96 Å². The minimum atomic E-state index is -0.0787. The van der Waals surface area contributed by atoms with Gasteiger partial charge < -0.3 is 11.5 Å². The highest BCUT2D eigenvalue weighted by molar-refractivity contribution is 6.13. The highest BCUT2D eigenvalue weighted by Crippen LogP contribution is 1.56. The van der Waals surface area contributed by atoms with Crippen LogP contribution in [0.2, 0.25) is 0 Å². The lowest BCUT2D eigenvalue weighted by atomic mass is 11.1. The summed E-state index contributed by atoms with van der Waals surface area (Å²) >= 11 is 4.80. The minimum Gasteiger partial charge on any atom is -0.369 e. The molecule has 5 N–H and O–H groups in total. The van der Waals surface area contributed by atoms with Gasteiger partial charge in [-0.2, -0.15) is 0 Å². The van der Waals surface area contributed by atoms with Crippen molar-refractivity contribution in [3.8, 4) is 0 Å². The molecule has 0 aromatic carbocycles. The number of rotatable bonds is 1. The Kier molecular flexibility index (Phi) is 2.31. The van der Waals surface area contributed by atoms with E-state index in [0.29, 0.717) is 0 Å². The Morgan fingerprint density at radius 1 is 1.67 bits per heavy atom. The van der Waals surface area contributed by atoms with Gasteiger partial charge in [-0.3, -0.25) is 0 Å². The zero-order valence-electron chi connectivity index (χ0n) is 2.98. The Labute approximate surface area is 40.2 Å². The van der Waals surface area contributed by atoms with Gasteiger partial charge in [0.05, 0.1) is 0 Å². The van der Waals surface area contributed by atoms with Crippen molar-refractivity contribution in [1.82, 2.24) is 4.94 Å². The summed E-state index contributed by atoms with van der Waals surface area (Å²) in [6, 6.07) is 0. The van der Waals surface area contributed by atoms with E-state index in [-0.39, 0.29) is 5.96 Å². The van der Waals surface area contributed by atoms with E-state index in [1.807, 2.05) is 4.94 Å². The third-order valence-corrected chi connectivity index (χ3v) is 0.256. The van der Waals surface area contributed by atoms with Crippen LogP contribution in [-0.2, 0) is 0 Å². The molecule has 0 aliphatic heterocycles. The topological polar surface area (TPSA) is 76.4 Å². The Morgan fingerprint density at radius 3 is 2.17 bits per heavy atom. The summed E-state index contributed by atoms with van der Waals surface area (Å²) in [7, 11) is 0. The number of hydrogen-bond donors (Lipinski definition) is 3. The molecule has 0 aliphatic rings. The van der Waals surface area contributed by atoms with Crippen LogP contribution in [0.4, 0.5) is 0 Å². The van der Waals surface area contributed by atoms with Crippen molar-refractivity contribution < 1.29 is 0 Å². The van der Waals surface area contributed by atoms with Gasteiger partial charge in [-0.05, 0) is 0 Å². The Morgan fingerprint density at radius 2 is 2.17 bits per heavy atom. The van der Waals surface area contributed by atoms with Crippen LogP contribution in [0.3, 0.4) is 0 Å². The third kappa shape index (κ3) is 3.36. The first kappa shape index (κ1) is 5.36. The summed E-state index contributed by atoms with van der Waals surface area (Å²) in [4.78, 5) is 1.88. The monoisotopic (exact) mass is 108 g/mol. The lowest BCUT2D eigenvalue weighted by Crippen LogP contribution is -2.24. The number of hydrazone groups is 1. The smallest absolute Gasteiger partial charge is 0.209 e. The molecule has 0 amide bonds. The Hall–Kier alpha value is -0.640. The normalized spacial score (nSPS) is 6.83. The first-order valence-corrected chi connectivity index (χ1v) is 1.59. The van der Waals surface area contributed by atoms with Gasteiger partial charge in [0.25, 0.3) is 0 Å². The molecule has 0 radical (unpaired) electrons. The molecule has 0 unspecified atom stereocenters. The van der Waals surface area contributed by atoms with Gasteiger partial charge in [-0.15, -0.1) is 5.10 Å². The first-order chi connectivity index (χ1) is 2.77. The quantitative estimate of drug-likeness (QED) is 0.173. The summed E-state index contributed by atoms with van der Waals surface area (Å²) in [5, 5.41) is 3.11. The summed E-state index contributed by atoms with van der Waals surface area (Å²) < 4.78 is 0. The molecule has 6 heavy (non-hydrogen) atoms. The Balaban J connectivity index is 3.14. The number of guanidine groups is 1. The lowest BCUT2D eigenvalue weighted by Gasteiger charge is -1.82. The fourth-order valence-electron chi connectivity index (χ4n) is 0.0488. The van der Waals surface area contributed by atoms with Crippen LogP contribution in [0.1, 0.15) is 0 Å². The van der Waals surface area contributed by atoms with Gasteiger partial charge in [-0.25, -0.2) is 4.94 Å². The maximum absolute atomic E-state index is 4.80. The van der Waals surface area contributed by atoms with Crippen LogP contribution in [0.25, 0.3) is 0 Å². The largest absolute Gasteiger partial charge is 0.369 e. The predicted molar refractivity (Wildman–Crippen MR) is 24.8 cm³/mol. The highest BCUT2D eigenvalue weighted by atomic mass is 35.5. The highest BCUT2D eigenvalue weighted by Gasteiger charge is 1.68. The number of nitrogens with one attached hydrogen (secondary N) is 1. The molecule has 0 bridgehead atoms. The molecule has 4 nitrogen and oxygen atoms in total. The standard InChI is InChI=1S/CH5ClN4/c2-6-5-1(3)4/h6H,(H4,3,4,5). The van der Waals surface area contributed by atoms with Crippen molar-refractivity contribution in [1.29, 1.82) is 0 Å². The van der Waals surface area contributed by atoms with Crippen LogP contribution in [0.5, 0.6) is 0 Å². The second kappa shape index (κ2) is 2.59. The van der Waals surface area contributed by atoms with Gasteiger partial charge in [-0.1, -0.05) is 0 Å². The van der Waals surface area contributed by atoms with Crippen LogP contribution >= 0.6 is 11.8 Å². The molecule has 0 heterocycles. The zero-order valence-corrected chi connectivity index (χ0v) is 3.74. The molecule has 0 saturated carbocycles. The number of nitrogens with two attached hydrogens (primary N) is 2. The SMILES string of the molecule is NC(N)=NNCl. The summed E-state index contributed by atoms with van der Waals surface area (Å²) in [5.74, 6) is -0.0787. The van der Waals surface area contributed by atoms with E-state index in [4.69, 9.17) is 23.2 Å². The van der Waals surface area contributed by atoms with E-state index < -0.39 is 0 Å². The van der Waals surface area contributed by atoms with Gasteiger partial charge in [0.1, 0.15) is 0 Å². The average Bonchev–Trinajstić information content (AvgIpc) is 1.35. The van der Waals surface area contributed by atoms with E-state index in [0.717, 1.165) is 0 Å². The maximum Gasteiger partial charge on any atom is 0.209 e. The average molecular weight is 109 g/mol. The van der Waals surface area contributed by atoms with Crippen molar-refractivity contribution in [2.75, 3.05) is 0 Å². The van der Waals surface area contributed by atoms with E-state index in [1.54, 1.807) is 0 Å². The second-order valence-corrected chi connectivity index (χ2v) is 0.790. The molecule has 36 valence electrons. The molecule has 0 saturated heterocycles. The van der Waals surface area contributed by atoms with Crippen molar-refractivity contribution in [2.24, 2.45) is 16.6 Å². The van der Waals surface area contributed by atoms with Crippen LogP contribution in [0.15, 0.2) is 5.10 Å². The molecule has 0 fully saturated rings. The van der Waals surface area contributed by atoms with Crippen molar-refractivity contribution >= 4 is 17.7 Å². The fourth-order valence-corrected chi connectivity index (χ4v) is 0.146. The van der Waals surface area contributed by atoms with E-state index >= 15 is 0 Å². The predicted octanol–water partition coefficient (Wildman–Crippen LogP) is -1.08. The van der Waals surface area contributed by atoms with Crippen LogP contribution in [-0.4, -0.2) is 5.96 Å². The molecule has 0 rings (SSSR count). The summed E-state index contributed by atoms with van der Waals surface area (Å²) in [6.07, 6.45) is 0.